The van der Waals surface area contributed by atoms with E-state index in [0.29, 0.717) is 36.0 Å². The summed E-state index contributed by atoms with van der Waals surface area (Å²) in [5.41, 5.74) is 3.98. The normalized spacial score (nSPS) is 18.4. The van der Waals surface area contributed by atoms with Gasteiger partial charge in [-0.2, -0.15) is 0 Å². The molecule has 5 rings (SSSR count). The largest absolute Gasteiger partial charge is 0.368 e. The van der Waals surface area contributed by atoms with Crippen LogP contribution in [0.1, 0.15) is 26.9 Å². The first-order chi connectivity index (χ1) is 16.6. The predicted octanol–water partition coefficient (Wildman–Crippen LogP) is 5.08. The van der Waals surface area contributed by atoms with Gasteiger partial charge in [-0.3, -0.25) is 9.59 Å². The maximum absolute atomic E-state index is 13.1. The number of carbonyl (C=O) groups is 2. The Kier molecular flexibility index (Phi) is 6.79. The lowest BCUT2D eigenvalue weighted by Crippen LogP contribution is -2.48. The van der Waals surface area contributed by atoms with Gasteiger partial charge in [-0.15, -0.1) is 11.8 Å². The molecule has 0 radical (unpaired) electrons. The van der Waals surface area contributed by atoms with Gasteiger partial charge in [-0.1, -0.05) is 54.1 Å². The molecule has 174 valence electrons. The van der Waals surface area contributed by atoms with Crippen molar-refractivity contribution < 1.29 is 9.59 Å². The summed E-state index contributed by atoms with van der Waals surface area (Å²) < 4.78 is 0. The molecule has 0 N–H and O–H groups in total. The molecule has 0 spiro atoms. The van der Waals surface area contributed by atoms with Crippen molar-refractivity contribution in [3.63, 3.8) is 0 Å². The molecule has 2 aliphatic rings. The second kappa shape index (κ2) is 10.1. The molecule has 0 unspecified atom stereocenters. The summed E-state index contributed by atoms with van der Waals surface area (Å²) >= 11 is 7.62. The van der Waals surface area contributed by atoms with Crippen LogP contribution in [0.2, 0.25) is 5.02 Å². The van der Waals surface area contributed by atoms with Crippen LogP contribution >= 0.6 is 23.4 Å². The molecule has 0 aromatic heterocycles. The molecule has 0 aliphatic carbocycles. The molecule has 2 fully saturated rings. The fourth-order valence-electron chi connectivity index (χ4n) is 4.47. The van der Waals surface area contributed by atoms with E-state index in [1.165, 1.54) is 5.69 Å². The number of hydrogen-bond donors (Lipinski definition) is 0. The second-order valence-corrected chi connectivity index (χ2v) is 10.1. The fourth-order valence-corrected chi connectivity index (χ4v) is 5.78. The Morgan fingerprint density at radius 3 is 2.24 bits per heavy atom. The number of hydrogen-bond acceptors (Lipinski definition) is 4. The van der Waals surface area contributed by atoms with E-state index in [1.54, 1.807) is 11.8 Å². The van der Waals surface area contributed by atoms with Crippen molar-refractivity contribution in [3.8, 4) is 0 Å². The molecule has 2 amide bonds. The van der Waals surface area contributed by atoms with Crippen LogP contribution in [0.4, 0.5) is 5.69 Å². The number of thioether (sulfide) groups is 1. The van der Waals surface area contributed by atoms with Crippen LogP contribution in [-0.2, 0) is 11.3 Å². The third-order valence-corrected chi connectivity index (χ3v) is 7.87. The van der Waals surface area contributed by atoms with E-state index in [1.807, 2.05) is 76.5 Å². The van der Waals surface area contributed by atoms with E-state index in [2.05, 4.69) is 17.0 Å². The highest BCUT2D eigenvalue weighted by molar-refractivity contribution is 8.00. The van der Waals surface area contributed by atoms with Crippen molar-refractivity contribution in [1.29, 1.82) is 0 Å². The zero-order valence-electron chi connectivity index (χ0n) is 18.8. The van der Waals surface area contributed by atoms with Gasteiger partial charge in [0.2, 0.25) is 5.91 Å². The summed E-state index contributed by atoms with van der Waals surface area (Å²) in [6.07, 6.45) is 0. The summed E-state index contributed by atoms with van der Waals surface area (Å²) in [4.78, 5) is 31.8. The Morgan fingerprint density at radius 1 is 0.882 bits per heavy atom. The van der Waals surface area contributed by atoms with Gasteiger partial charge >= 0.3 is 0 Å². The van der Waals surface area contributed by atoms with Gasteiger partial charge in [0.15, 0.2) is 0 Å². The molecular formula is C27H26ClN3O2S. The van der Waals surface area contributed by atoms with Crippen molar-refractivity contribution in [2.45, 2.75) is 11.9 Å². The molecule has 0 saturated carbocycles. The van der Waals surface area contributed by atoms with Crippen molar-refractivity contribution >= 4 is 40.9 Å². The summed E-state index contributed by atoms with van der Waals surface area (Å²) in [6.45, 7) is 3.61. The van der Waals surface area contributed by atoms with Crippen LogP contribution in [-0.4, -0.2) is 53.5 Å². The quantitative estimate of drug-likeness (QED) is 0.499. The molecular weight excluding hydrogens is 466 g/mol. The summed E-state index contributed by atoms with van der Waals surface area (Å²) in [7, 11) is 0. The number of carbonyl (C=O) groups excluding carboxylic acids is 2. The van der Waals surface area contributed by atoms with Crippen LogP contribution < -0.4 is 4.90 Å². The molecule has 0 bridgehead atoms. The molecule has 2 saturated heterocycles. The average Bonchev–Trinajstić information content (AvgIpc) is 3.25. The van der Waals surface area contributed by atoms with Gasteiger partial charge in [0.05, 0.1) is 5.75 Å². The van der Waals surface area contributed by atoms with Gasteiger partial charge in [0.25, 0.3) is 5.91 Å². The number of piperazine rings is 1. The third-order valence-electron chi connectivity index (χ3n) is 6.37. The number of amides is 2. The Bertz CT molecular complexity index is 1150. The molecule has 3 aromatic rings. The van der Waals surface area contributed by atoms with E-state index in [9.17, 15) is 9.59 Å². The smallest absolute Gasteiger partial charge is 0.253 e. The number of anilines is 1. The first-order valence-corrected chi connectivity index (χ1v) is 12.9. The van der Waals surface area contributed by atoms with Crippen molar-refractivity contribution in [2.75, 3.05) is 36.8 Å². The van der Waals surface area contributed by atoms with Crippen LogP contribution in [0.15, 0.2) is 78.9 Å². The van der Waals surface area contributed by atoms with E-state index >= 15 is 0 Å². The topological polar surface area (TPSA) is 43.9 Å². The number of benzene rings is 3. The van der Waals surface area contributed by atoms with E-state index in [0.717, 1.165) is 24.2 Å². The molecule has 3 aromatic carbocycles. The van der Waals surface area contributed by atoms with Gasteiger partial charge in [0.1, 0.15) is 5.37 Å². The van der Waals surface area contributed by atoms with E-state index in [4.69, 9.17) is 11.6 Å². The monoisotopic (exact) mass is 491 g/mol. The van der Waals surface area contributed by atoms with Crippen molar-refractivity contribution in [1.82, 2.24) is 9.80 Å². The zero-order valence-corrected chi connectivity index (χ0v) is 20.3. The Morgan fingerprint density at radius 2 is 1.56 bits per heavy atom. The molecule has 2 heterocycles. The fraction of sp³-hybridized carbons (Fsp3) is 0.259. The van der Waals surface area contributed by atoms with Crippen LogP contribution in [0.25, 0.3) is 0 Å². The maximum atomic E-state index is 13.1. The lowest BCUT2D eigenvalue weighted by atomic mass is 10.1. The average molecular weight is 492 g/mol. The number of para-hydroxylation sites is 1. The lowest BCUT2D eigenvalue weighted by Gasteiger charge is -2.36. The third kappa shape index (κ3) is 4.93. The minimum absolute atomic E-state index is 0.0539. The first kappa shape index (κ1) is 22.8. The maximum Gasteiger partial charge on any atom is 0.253 e. The lowest BCUT2D eigenvalue weighted by molar-refractivity contribution is -0.128. The highest BCUT2D eigenvalue weighted by atomic mass is 35.5. The Balaban J connectivity index is 1.23. The highest BCUT2D eigenvalue weighted by Crippen LogP contribution is 2.39. The van der Waals surface area contributed by atoms with Crippen LogP contribution in [0.3, 0.4) is 0 Å². The van der Waals surface area contributed by atoms with Gasteiger partial charge in [-0.05, 0) is 47.5 Å². The Hall–Kier alpha value is -2.96. The van der Waals surface area contributed by atoms with Crippen molar-refractivity contribution in [2.24, 2.45) is 0 Å². The second-order valence-electron chi connectivity index (χ2n) is 8.55. The number of rotatable bonds is 5. The SMILES string of the molecule is O=C(c1ccc([C@H]2SCC(=O)N2Cc2ccc(Cl)cc2)cc1)N1CCN(c2ccccc2)CC1. The molecule has 2 aliphatic heterocycles. The Labute approximate surface area is 209 Å². The minimum Gasteiger partial charge on any atom is -0.368 e. The number of halogens is 1. The number of nitrogens with zero attached hydrogens (tertiary/aromatic N) is 3. The van der Waals surface area contributed by atoms with Gasteiger partial charge in [0, 0.05) is 49.0 Å². The highest BCUT2D eigenvalue weighted by Gasteiger charge is 2.33. The molecule has 34 heavy (non-hydrogen) atoms. The standard InChI is InChI=1S/C27H26ClN3O2S/c28-23-12-6-20(7-13-23)18-31-25(32)19-34-27(31)22-10-8-21(9-11-22)26(33)30-16-14-29(15-17-30)24-4-2-1-3-5-24/h1-13,27H,14-19H2/t27-/m1/s1. The molecule has 1 atom stereocenters. The summed E-state index contributed by atoms with van der Waals surface area (Å²) in [5, 5.41) is 0.630. The van der Waals surface area contributed by atoms with Gasteiger partial charge in [-0.25, -0.2) is 0 Å². The predicted molar refractivity (Wildman–Crippen MR) is 138 cm³/mol. The minimum atomic E-state index is -0.0539. The van der Waals surface area contributed by atoms with E-state index < -0.39 is 0 Å². The van der Waals surface area contributed by atoms with Crippen molar-refractivity contribution in [3.05, 3.63) is 101 Å². The zero-order chi connectivity index (χ0) is 23.5. The summed E-state index contributed by atoms with van der Waals surface area (Å²) in [5.74, 6) is 0.652. The van der Waals surface area contributed by atoms with Crippen LogP contribution in [0, 0.1) is 0 Å². The summed E-state index contributed by atoms with van der Waals surface area (Å²) in [6, 6.07) is 25.7. The van der Waals surface area contributed by atoms with Gasteiger partial charge < -0.3 is 14.7 Å². The molecule has 5 nitrogen and oxygen atoms in total. The van der Waals surface area contributed by atoms with Crippen LogP contribution in [0.5, 0.6) is 0 Å². The van der Waals surface area contributed by atoms with E-state index in [-0.39, 0.29) is 17.2 Å². The molecule has 7 heteroatoms. The first-order valence-electron chi connectivity index (χ1n) is 11.4.